The molecule has 0 unspecified atom stereocenters. The van der Waals surface area contributed by atoms with Gasteiger partial charge in [-0.2, -0.15) is 0 Å². The highest BCUT2D eigenvalue weighted by Crippen LogP contribution is 2.34. The van der Waals surface area contributed by atoms with Crippen molar-refractivity contribution in [1.29, 1.82) is 0 Å². The predicted molar refractivity (Wildman–Crippen MR) is 134 cm³/mol. The first-order chi connectivity index (χ1) is 16.0. The number of rotatable bonds is 6. The third-order valence-electron chi connectivity index (χ3n) is 5.92. The van der Waals surface area contributed by atoms with Crippen LogP contribution in [-0.4, -0.2) is 71.7 Å². The van der Waals surface area contributed by atoms with Gasteiger partial charge in [0.15, 0.2) is 5.82 Å². The van der Waals surface area contributed by atoms with E-state index in [1.807, 2.05) is 43.5 Å². The van der Waals surface area contributed by atoms with Gasteiger partial charge in [-0.25, -0.2) is 32.1 Å². The van der Waals surface area contributed by atoms with Crippen LogP contribution in [0.2, 0.25) is 5.02 Å². The zero-order chi connectivity index (χ0) is 24.8. The Morgan fingerprint density at radius 1 is 1.21 bits per heavy atom. The van der Waals surface area contributed by atoms with Gasteiger partial charge in [-0.15, -0.1) is 0 Å². The van der Waals surface area contributed by atoms with Gasteiger partial charge in [0, 0.05) is 44.8 Å². The fourth-order valence-electron chi connectivity index (χ4n) is 4.26. The Bertz CT molecular complexity index is 1320. The Labute approximate surface area is 204 Å². The molecule has 9 nitrogen and oxygen atoms in total. The summed E-state index contributed by atoms with van der Waals surface area (Å²) in [6.45, 7) is 4.92. The van der Waals surface area contributed by atoms with Gasteiger partial charge >= 0.3 is 0 Å². The molecule has 1 aliphatic rings. The van der Waals surface area contributed by atoms with Crippen molar-refractivity contribution < 1.29 is 12.8 Å². The molecule has 3 heterocycles. The minimum atomic E-state index is -3.19. The van der Waals surface area contributed by atoms with E-state index in [1.165, 1.54) is 22.8 Å². The first-order valence-electron chi connectivity index (χ1n) is 11.1. The number of nitrogens with zero attached hydrogens (tertiary/aromatic N) is 6. The Kier molecular flexibility index (Phi) is 6.71. The summed E-state index contributed by atoms with van der Waals surface area (Å²) in [6.07, 6.45) is 3.98. The molecule has 0 aliphatic carbocycles. The summed E-state index contributed by atoms with van der Waals surface area (Å²) in [7, 11) is 0.552. The number of anilines is 2. The molecule has 34 heavy (non-hydrogen) atoms. The molecule has 12 heteroatoms. The summed E-state index contributed by atoms with van der Waals surface area (Å²) in [5, 5.41) is 3.58. The van der Waals surface area contributed by atoms with Crippen molar-refractivity contribution in [2.24, 2.45) is 0 Å². The first kappa shape index (κ1) is 24.6. The second-order valence-corrected chi connectivity index (χ2v) is 11.5. The van der Waals surface area contributed by atoms with Crippen LogP contribution in [0.3, 0.4) is 0 Å². The van der Waals surface area contributed by atoms with Crippen LogP contribution < -0.4 is 10.2 Å². The van der Waals surface area contributed by atoms with E-state index in [0.717, 1.165) is 0 Å². The number of nitrogens with one attached hydrogen (secondary N) is 1. The highest BCUT2D eigenvalue weighted by atomic mass is 35.5. The zero-order valence-corrected chi connectivity index (χ0v) is 21.5. The Balaban J connectivity index is 1.67. The second kappa shape index (κ2) is 9.27. The highest BCUT2D eigenvalue weighted by Gasteiger charge is 2.26. The van der Waals surface area contributed by atoms with Crippen LogP contribution in [0.5, 0.6) is 0 Å². The average Bonchev–Trinajstić information content (AvgIpc) is 3.16. The van der Waals surface area contributed by atoms with Gasteiger partial charge in [0.1, 0.15) is 5.52 Å². The Hall–Kier alpha value is -2.50. The number of fused-ring (bicyclic) bond motifs is 1. The normalized spacial score (nSPS) is 15.9. The van der Waals surface area contributed by atoms with Gasteiger partial charge in [-0.1, -0.05) is 11.6 Å². The van der Waals surface area contributed by atoms with Crippen molar-refractivity contribution in [3.63, 3.8) is 0 Å². The number of hydrogen-bond donors (Lipinski definition) is 1. The van der Waals surface area contributed by atoms with E-state index in [-0.39, 0.29) is 12.1 Å². The SMILES string of the molecule is CC(C)n1c(N(C)C)nc2c(F)cc(-c3nc(NC4CCN(S(C)(=O)=O)CC4)ncc3Cl)cc21. The molecule has 1 aromatic carbocycles. The van der Waals surface area contributed by atoms with Crippen molar-refractivity contribution in [1.82, 2.24) is 23.8 Å². The van der Waals surface area contributed by atoms with Crippen LogP contribution in [0.15, 0.2) is 18.3 Å². The summed E-state index contributed by atoms with van der Waals surface area (Å²) in [5.41, 5.74) is 1.89. The molecule has 0 radical (unpaired) electrons. The first-order valence-corrected chi connectivity index (χ1v) is 13.3. The minimum absolute atomic E-state index is 0.0243. The largest absolute Gasteiger partial charge is 0.351 e. The van der Waals surface area contributed by atoms with Gasteiger partial charge in [-0.3, -0.25) is 0 Å². The lowest BCUT2D eigenvalue weighted by atomic mass is 10.1. The third-order valence-corrected chi connectivity index (χ3v) is 7.50. The lowest BCUT2D eigenvalue weighted by molar-refractivity contribution is 0.331. The van der Waals surface area contributed by atoms with Crippen LogP contribution in [0, 0.1) is 5.82 Å². The van der Waals surface area contributed by atoms with Gasteiger partial charge in [-0.05, 0) is 38.8 Å². The lowest BCUT2D eigenvalue weighted by Gasteiger charge is -2.30. The summed E-state index contributed by atoms with van der Waals surface area (Å²) < 4.78 is 42.1. The van der Waals surface area contributed by atoms with E-state index < -0.39 is 15.8 Å². The number of hydrogen-bond acceptors (Lipinski definition) is 7. The standard InChI is InChI=1S/C22H29ClFN7O2S/c1-13(2)31-18-11-14(10-17(24)20(18)28-22(31)29(3)4)19-16(23)12-25-21(27-19)26-15-6-8-30(9-7-15)34(5,32)33/h10-13,15H,6-9H2,1-5H3,(H,25,26,27). The van der Waals surface area contributed by atoms with Crippen molar-refractivity contribution in [3.05, 3.63) is 29.2 Å². The van der Waals surface area contributed by atoms with E-state index in [1.54, 1.807) is 0 Å². The van der Waals surface area contributed by atoms with E-state index in [9.17, 15) is 8.42 Å². The molecule has 184 valence electrons. The molecular weight excluding hydrogens is 481 g/mol. The van der Waals surface area contributed by atoms with Crippen molar-refractivity contribution >= 4 is 44.6 Å². The number of sulfonamides is 1. The monoisotopic (exact) mass is 509 g/mol. The smallest absolute Gasteiger partial charge is 0.223 e. The quantitative estimate of drug-likeness (QED) is 0.540. The fourth-order valence-corrected chi connectivity index (χ4v) is 5.33. The summed E-state index contributed by atoms with van der Waals surface area (Å²) in [5.74, 6) is 0.578. The van der Waals surface area contributed by atoms with Gasteiger partial charge in [0.05, 0.1) is 28.7 Å². The fraction of sp³-hybridized carbons (Fsp3) is 0.500. The molecule has 3 aromatic rings. The molecule has 0 amide bonds. The molecule has 1 aliphatic heterocycles. The van der Waals surface area contributed by atoms with Crippen molar-refractivity contribution in [2.75, 3.05) is 43.7 Å². The zero-order valence-electron chi connectivity index (χ0n) is 19.9. The maximum absolute atomic E-state index is 15.1. The number of benzene rings is 1. The van der Waals surface area contributed by atoms with Crippen LogP contribution >= 0.6 is 11.6 Å². The highest BCUT2D eigenvalue weighted by molar-refractivity contribution is 7.88. The summed E-state index contributed by atoms with van der Waals surface area (Å²) in [6, 6.07) is 3.33. The molecule has 2 aromatic heterocycles. The summed E-state index contributed by atoms with van der Waals surface area (Å²) in [4.78, 5) is 15.2. The van der Waals surface area contributed by atoms with Crippen LogP contribution in [0.4, 0.5) is 16.3 Å². The van der Waals surface area contributed by atoms with Crippen molar-refractivity contribution in [2.45, 2.75) is 38.8 Å². The van der Waals surface area contributed by atoms with Gasteiger partial charge in [0.25, 0.3) is 0 Å². The molecule has 0 saturated carbocycles. The van der Waals surface area contributed by atoms with Crippen molar-refractivity contribution in [3.8, 4) is 11.3 Å². The molecule has 1 saturated heterocycles. The van der Waals surface area contributed by atoms with Gasteiger partial charge < -0.3 is 14.8 Å². The molecule has 0 bridgehead atoms. The average molecular weight is 510 g/mol. The van der Waals surface area contributed by atoms with Crippen LogP contribution in [-0.2, 0) is 10.0 Å². The predicted octanol–water partition coefficient (Wildman–Crippen LogP) is 3.77. The van der Waals surface area contributed by atoms with E-state index in [2.05, 4.69) is 20.3 Å². The Morgan fingerprint density at radius 3 is 2.47 bits per heavy atom. The van der Waals surface area contributed by atoms with Crippen LogP contribution in [0.1, 0.15) is 32.7 Å². The molecule has 0 spiro atoms. The number of aromatic nitrogens is 4. The lowest BCUT2D eigenvalue weighted by Crippen LogP contribution is -2.42. The van der Waals surface area contributed by atoms with E-state index in [0.29, 0.717) is 65.1 Å². The third kappa shape index (κ3) is 4.82. The number of halogens is 2. The molecule has 1 fully saturated rings. The molecule has 1 N–H and O–H groups in total. The second-order valence-electron chi connectivity index (χ2n) is 9.07. The molecular formula is C22H29ClFN7O2S. The Morgan fingerprint density at radius 2 is 1.88 bits per heavy atom. The molecule has 4 rings (SSSR count). The minimum Gasteiger partial charge on any atom is -0.351 e. The van der Waals surface area contributed by atoms with Gasteiger partial charge in [0.2, 0.25) is 21.9 Å². The number of piperidine rings is 1. The summed E-state index contributed by atoms with van der Waals surface area (Å²) >= 11 is 6.43. The maximum atomic E-state index is 15.1. The number of imidazole rings is 1. The molecule has 0 atom stereocenters. The van der Waals surface area contributed by atoms with Crippen LogP contribution in [0.25, 0.3) is 22.3 Å². The van der Waals surface area contributed by atoms with E-state index >= 15 is 4.39 Å². The topological polar surface area (TPSA) is 96.3 Å². The van der Waals surface area contributed by atoms with E-state index in [4.69, 9.17) is 11.6 Å². The maximum Gasteiger partial charge on any atom is 0.223 e.